The molecule has 2 spiro atoms. The Morgan fingerprint density at radius 2 is 1.70 bits per heavy atom. The number of rotatable bonds is 6. The van der Waals surface area contributed by atoms with Gasteiger partial charge in [-0.2, -0.15) is 0 Å². The van der Waals surface area contributed by atoms with Crippen LogP contribution in [0.15, 0.2) is 0 Å². The minimum absolute atomic E-state index is 0.0460. The normalized spacial score (nSPS) is 50.3. The lowest BCUT2D eigenvalue weighted by Crippen LogP contribution is -2.60. The molecule has 0 bridgehead atoms. The van der Waals surface area contributed by atoms with Gasteiger partial charge in [0, 0.05) is 30.5 Å². The van der Waals surface area contributed by atoms with Gasteiger partial charge in [-0.25, -0.2) is 4.79 Å². The fourth-order valence-electron chi connectivity index (χ4n) is 14.0. The van der Waals surface area contributed by atoms with E-state index in [1.807, 2.05) is 6.92 Å². The van der Waals surface area contributed by atoms with Crippen molar-refractivity contribution >= 4 is 12.1 Å². The zero-order valence-corrected chi connectivity index (χ0v) is 30.1. The third-order valence-corrected chi connectivity index (χ3v) is 16.2. The van der Waals surface area contributed by atoms with Gasteiger partial charge in [0.15, 0.2) is 0 Å². The van der Waals surface area contributed by atoms with Crippen molar-refractivity contribution in [1.82, 2.24) is 4.90 Å². The number of carboxylic acids is 1. The van der Waals surface area contributed by atoms with E-state index >= 15 is 0 Å². The SMILES string of the molecule is CCOC(C1CC(C)C2C(O1)C(O)C1(C)C3CCC4C(C)(C)C(OC(=O)N5CCC(C(=O)O)C5)CCC45CC35CCC21C)C(C)(C)O. The third-order valence-electron chi connectivity index (χ3n) is 16.2. The van der Waals surface area contributed by atoms with Gasteiger partial charge in [-0.15, -0.1) is 0 Å². The summed E-state index contributed by atoms with van der Waals surface area (Å²) in [5.74, 6) is 0.0934. The topological polar surface area (TPSA) is 126 Å². The highest BCUT2D eigenvalue weighted by atomic mass is 16.6. The molecule has 5 aliphatic carbocycles. The Kier molecular flexibility index (Phi) is 7.82. The van der Waals surface area contributed by atoms with E-state index in [1.165, 1.54) is 12.8 Å². The quantitative estimate of drug-likeness (QED) is 0.323. The summed E-state index contributed by atoms with van der Waals surface area (Å²) in [6.07, 6.45) is 6.66. The lowest BCUT2D eigenvalue weighted by atomic mass is 9.41. The van der Waals surface area contributed by atoms with Crippen LogP contribution in [0.2, 0.25) is 0 Å². The van der Waals surface area contributed by atoms with Crippen LogP contribution in [0, 0.1) is 56.7 Å². The van der Waals surface area contributed by atoms with Crippen molar-refractivity contribution in [2.45, 2.75) is 149 Å². The van der Waals surface area contributed by atoms with Crippen LogP contribution in [0.1, 0.15) is 113 Å². The molecule has 7 fully saturated rings. The molecule has 1 amide bonds. The zero-order valence-electron chi connectivity index (χ0n) is 30.1. The van der Waals surface area contributed by atoms with E-state index in [0.29, 0.717) is 37.3 Å². The highest BCUT2D eigenvalue weighted by Gasteiger charge is 2.84. The number of aliphatic hydroxyl groups excluding tert-OH is 1. The number of aliphatic hydroxyl groups is 2. The number of carboxylic acid groups (broad SMARTS) is 1. The van der Waals surface area contributed by atoms with E-state index < -0.39 is 29.7 Å². The molecule has 7 aliphatic rings. The second-order valence-corrected chi connectivity index (χ2v) is 18.7. The molecule has 9 heteroatoms. The highest BCUT2D eigenvalue weighted by Crippen LogP contribution is 2.89. The van der Waals surface area contributed by atoms with Gasteiger partial charge in [-0.05, 0) is 118 Å². The van der Waals surface area contributed by atoms with Crippen LogP contribution >= 0.6 is 0 Å². The monoisotopic (exact) mass is 659 g/mol. The number of carbonyl (C=O) groups excluding carboxylic acids is 1. The Morgan fingerprint density at radius 3 is 2.34 bits per heavy atom. The first-order valence-corrected chi connectivity index (χ1v) is 18.7. The minimum atomic E-state index is -1.05. The minimum Gasteiger partial charge on any atom is -0.481 e. The molecule has 5 saturated carbocycles. The average Bonchev–Trinajstić information content (AvgIpc) is 3.28. The molecule has 0 aromatic carbocycles. The van der Waals surface area contributed by atoms with Crippen LogP contribution in [-0.4, -0.2) is 88.1 Å². The van der Waals surface area contributed by atoms with E-state index in [4.69, 9.17) is 14.2 Å². The number of aliphatic carboxylic acids is 1. The van der Waals surface area contributed by atoms with Gasteiger partial charge in [0.05, 0.1) is 29.8 Å². The first-order chi connectivity index (χ1) is 21.9. The Morgan fingerprint density at radius 1 is 1.02 bits per heavy atom. The number of hydrogen-bond donors (Lipinski definition) is 3. The smallest absolute Gasteiger partial charge is 0.410 e. The fourth-order valence-corrected chi connectivity index (χ4v) is 14.0. The molecule has 2 heterocycles. The van der Waals surface area contributed by atoms with Crippen LogP contribution in [0.4, 0.5) is 4.79 Å². The van der Waals surface area contributed by atoms with Gasteiger partial charge >= 0.3 is 12.1 Å². The summed E-state index contributed by atoms with van der Waals surface area (Å²) in [4.78, 5) is 26.3. The number of fused-ring (bicyclic) bond motifs is 4. The van der Waals surface area contributed by atoms with Crippen molar-refractivity contribution < 1.29 is 39.1 Å². The predicted molar refractivity (Wildman–Crippen MR) is 175 cm³/mol. The Hall–Kier alpha value is -1.42. The Bertz CT molecular complexity index is 1280. The molecule has 14 atom stereocenters. The molecule has 14 unspecified atom stereocenters. The summed E-state index contributed by atoms with van der Waals surface area (Å²) in [5, 5.41) is 33.0. The lowest BCUT2D eigenvalue weighted by Gasteiger charge is -2.63. The van der Waals surface area contributed by atoms with Crippen molar-refractivity contribution in [3.8, 4) is 0 Å². The van der Waals surface area contributed by atoms with E-state index in [9.17, 15) is 24.9 Å². The Balaban J connectivity index is 1.12. The maximum atomic E-state index is 13.2. The first-order valence-electron chi connectivity index (χ1n) is 18.7. The molecule has 266 valence electrons. The van der Waals surface area contributed by atoms with Crippen LogP contribution in [0.5, 0.6) is 0 Å². The van der Waals surface area contributed by atoms with E-state index in [-0.39, 0.29) is 63.9 Å². The van der Waals surface area contributed by atoms with E-state index in [0.717, 1.165) is 38.5 Å². The summed E-state index contributed by atoms with van der Waals surface area (Å²) in [5.41, 5.74) is -1.16. The maximum Gasteiger partial charge on any atom is 0.410 e. The number of amides is 1. The fraction of sp³-hybridized carbons (Fsp3) is 0.947. The molecule has 7 rings (SSSR count). The summed E-state index contributed by atoms with van der Waals surface area (Å²) >= 11 is 0. The van der Waals surface area contributed by atoms with Gasteiger partial charge in [0.25, 0.3) is 0 Å². The molecule has 2 aliphatic heterocycles. The molecular formula is C38H61NO8. The maximum absolute atomic E-state index is 13.2. The van der Waals surface area contributed by atoms with Crippen LogP contribution in [-0.2, 0) is 19.0 Å². The predicted octanol–water partition coefficient (Wildman–Crippen LogP) is 5.89. The standard InChI is InChI=1S/C38H61NO8/c1-9-45-30(34(5,6)44)23-18-21(2)27-28(46-23)29(40)36(8)25-11-10-24-33(3,4)26(47-32(43)39-17-13-22(19-39)31(41)42)12-14-37(24)20-38(25,37)16-15-35(27,36)7/h21-30,40,44H,9-20H2,1-8H3,(H,41,42). The summed E-state index contributed by atoms with van der Waals surface area (Å²) in [7, 11) is 0. The molecular weight excluding hydrogens is 598 g/mol. The number of hydrogen-bond acceptors (Lipinski definition) is 7. The van der Waals surface area contributed by atoms with Crippen LogP contribution < -0.4 is 0 Å². The third kappa shape index (κ3) is 4.46. The molecule has 2 saturated heterocycles. The van der Waals surface area contributed by atoms with Gasteiger partial charge in [0.2, 0.25) is 0 Å². The Labute approximate surface area is 281 Å². The summed E-state index contributed by atoms with van der Waals surface area (Å²) in [6, 6.07) is 0. The largest absolute Gasteiger partial charge is 0.481 e. The molecule has 47 heavy (non-hydrogen) atoms. The van der Waals surface area contributed by atoms with Gasteiger partial charge < -0.3 is 34.4 Å². The second kappa shape index (κ2) is 10.8. The lowest BCUT2D eigenvalue weighted by molar-refractivity contribution is -0.215. The molecule has 0 aromatic heterocycles. The van der Waals surface area contributed by atoms with Gasteiger partial charge in [-0.1, -0.05) is 34.6 Å². The second-order valence-electron chi connectivity index (χ2n) is 18.7. The van der Waals surface area contributed by atoms with Gasteiger partial charge in [-0.3, -0.25) is 4.79 Å². The van der Waals surface area contributed by atoms with Crippen molar-refractivity contribution in [1.29, 1.82) is 0 Å². The van der Waals surface area contributed by atoms with Crippen molar-refractivity contribution in [3.63, 3.8) is 0 Å². The van der Waals surface area contributed by atoms with Crippen LogP contribution in [0.3, 0.4) is 0 Å². The molecule has 0 aromatic rings. The number of likely N-dealkylation sites (tertiary alicyclic amines) is 1. The molecule has 9 nitrogen and oxygen atoms in total. The number of ether oxygens (including phenoxy) is 3. The van der Waals surface area contributed by atoms with Crippen molar-refractivity contribution in [3.05, 3.63) is 0 Å². The molecule has 0 radical (unpaired) electrons. The molecule has 3 N–H and O–H groups in total. The highest BCUT2D eigenvalue weighted by molar-refractivity contribution is 5.74. The van der Waals surface area contributed by atoms with E-state index in [2.05, 4.69) is 34.6 Å². The van der Waals surface area contributed by atoms with Crippen molar-refractivity contribution in [2.24, 2.45) is 56.7 Å². The average molecular weight is 660 g/mol. The van der Waals surface area contributed by atoms with Crippen LogP contribution in [0.25, 0.3) is 0 Å². The number of nitrogens with zero attached hydrogens (tertiary/aromatic N) is 1. The van der Waals surface area contributed by atoms with E-state index in [1.54, 1.807) is 18.7 Å². The van der Waals surface area contributed by atoms with Crippen molar-refractivity contribution in [2.75, 3.05) is 19.7 Å². The summed E-state index contributed by atoms with van der Waals surface area (Å²) in [6.45, 7) is 18.5. The van der Waals surface area contributed by atoms with Gasteiger partial charge in [0.1, 0.15) is 12.2 Å². The first kappa shape index (κ1) is 34.0. The zero-order chi connectivity index (χ0) is 34.1. The number of carbonyl (C=O) groups is 2. The summed E-state index contributed by atoms with van der Waals surface area (Å²) < 4.78 is 19.3.